The lowest BCUT2D eigenvalue weighted by Crippen LogP contribution is -1.94. The molecule has 2 rings (SSSR count). The smallest absolute Gasteiger partial charge is 0.158 e. The first-order valence-electron chi connectivity index (χ1n) is 4.22. The van der Waals surface area contributed by atoms with E-state index in [1.54, 1.807) is 23.9 Å². The monoisotopic (exact) mass is 282 g/mol. The molecule has 2 aromatic rings. The van der Waals surface area contributed by atoms with Crippen molar-refractivity contribution >= 4 is 27.3 Å². The number of nitriles is 1. The molecule has 0 aromatic carbocycles. The summed E-state index contributed by atoms with van der Waals surface area (Å²) in [7, 11) is 0. The van der Waals surface area contributed by atoms with Crippen molar-refractivity contribution in [3.8, 4) is 6.07 Å². The highest BCUT2D eigenvalue weighted by atomic mass is 79.9. The zero-order valence-corrected chi connectivity index (χ0v) is 10.3. The van der Waals surface area contributed by atoms with E-state index >= 15 is 0 Å². The molecule has 0 bridgehead atoms. The van der Waals surface area contributed by atoms with Gasteiger partial charge in [-0.3, -0.25) is 0 Å². The number of hydrogen-bond donors (Lipinski definition) is 0. The van der Waals surface area contributed by atoms with E-state index in [2.05, 4.69) is 25.9 Å². The summed E-state index contributed by atoms with van der Waals surface area (Å²) < 4.78 is 2.74. The highest BCUT2D eigenvalue weighted by Crippen LogP contribution is 2.23. The predicted octanol–water partition coefficient (Wildman–Crippen LogP) is 2.33. The molecule has 0 N–H and O–H groups in total. The van der Waals surface area contributed by atoms with Gasteiger partial charge in [-0.1, -0.05) is 0 Å². The van der Waals surface area contributed by atoms with E-state index in [-0.39, 0.29) is 0 Å². The molecule has 0 aliphatic rings. The van der Waals surface area contributed by atoms with Gasteiger partial charge in [0.05, 0.1) is 22.8 Å². The number of aryl methyl sites for hydroxylation is 1. The highest BCUT2D eigenvalue weighted by Gasteiger charge is 2.07. The van der Waals surface area contributed by atoms with Crippen LogP contribution in [0.2, 0.25) is 0 Å². The van der Waals surface area contributed by atoms with Gasteiger partial charge in [-0.05, 0) is 22.9 Å². The molecule has 2 heterocycles. The number of hydrogen-bond acceptors (Lipinski definition) is 4. The molecule has 76 valence electrons. The molecular weight excluding hydrogens is 276 g/mol. The maximum absolute atomic E-state index is 8.63. The van der Waals surface area contributed by atoms with Crippen LogP contribution in [-0.4, -0.2) is 14.5 Å². The fourth-order valence-electron chi connectivity index (χ4n) is 1.21. The molecule has 0 spiro atoms. The van der Waals surface area contributed by atoms with Gasteiger partial charge in [0.1, 0.15) is 10.7 Å². The second-order valence-electron chi connectivity index (χ2n) is 2.99. The van der Waals surface area contributed by atoms with Crippen molar-refractivity contribution in [2.24, 2.45) is 0 Å². The molecule has 6 heteroatoms. The number of imidazole rings is 1. The average molecular weight is 283 g/mol. The van der Waals surface area contributed by atoms with Gasteiger partial charge in [0.2, 0.25) is 0 Å². The summed E-state index contributed by atoms with van der Waals surface area (Å²) in [6.45, 7) is 2.66. The average Bonchev–Trinajstić information content (AvgIpc) is 2.75. The fraction of sp³-hybridized carbons (Fsp3) is 0.222. The Kier molecular flexibility index (Phi) is 2.84. The minimum atomic E-state index is 0.437. The zero-order chi connectivity index (χ0) is 10.8. The number of rotatable bonds is 2. The Bertz CT molecular complexity index is 522. The normalized spacial score (nSPS) is 10.2. The van der Waals surface area contributed by atoms with Gasteiger partial charge in [-0.2, -0.15) is 5.26 Å². The van der Waals surface area contributed by atoms with E-state index < -0.39 is 0 Å². The van der Waals surface area contributed by atoms with Crippen LogP contribution in [0.25, 0.3) is 0 Å². The van der Waals surface area contributed by atoms with Gasteiger partial charge in [0, 0.05) is 6.20 Å². The van der Waals surface area contributed by atoms with Crippen LogP contribution >= 0.6 is 27.3 Å². The predicted molar refractivity (Wildman–Crippen MR) is 60.6 cm³/mol. The molecule has 0 saturated carbocycles. The summed E-state index contributed by atoms with van der Waals surface area (Å²) in [5, 5.41) is 9.66. The molecule has 15 heavy (non-hydrogen) atoms. The molecule has 0 saturated heterocycles. The number of aromatic nitrogens is 3. The number of thiazole rings is 1. The molecule has 4 nitrogen and oxygen atoms in total. The first kappa shape index (κ1) is 10.3. The van der Waals surface area contributed by atoms with Crippen LogP contribution < -0.4 is 0 Å². The first-order chi connectivity index (χ1) is 7.19. The van der Waals surface area contributed by atoms with Crippen molar-refractivity contribution in [1.29, 1.82) is 5.26 Å². The summed E-state index contributed by atoms with van der Waals surface area (Å²) in [4.78, 5) is 9.34. The van der Waals surface area contributed by atoms with E-state index in [0.29, 0.717) is 12.2 Å². The Balaban J connectivity index is 2.22. The SMILES string of the molecule is Cc1nc(Br)c(Cn2cnc(C#N)c2)s1. The van der Waals surface area contributed by atoms with E-state index in [0.717, 1.165) is 14.5 Å². The quantitative estimate of drug-likeness (QED) is 0.850. The van der Waals surface area contributed by atoms with Crippen molar-refractivity contribution in [3.05, 3.63) is 32.7 Å². The Morgan fingerprint density at radius 2 is 2.47 bits per heavy atom. The van der Waals surface area contributed by atoms with E-state index in [1.807, 2.05) is 17.6 Å². The van der Waals surface area contributed by atoms with Crippen molar-refractivity contribution in [2.45, 2.75) is 13.5 Å². The van der Waals surface area contributed by atoms with Crippen LogP contribution in [0.3, 0.4) is 0 Å². The third kappa shape index (κ3) is 2.25. The minimum absolute atomic E-state index is 0.437. The summed E-state index contributed by atoms with van der Waals surface area (Å²) in [5.74, 6) is 0. The molecule has 2 aromatic heterocycles. The zero-order valence-electron chi connectivity index (χ0n) is 7.94. The van der Waals surface area contributed by atoms with Crippen LogP contribution in [0, 0.1) is 18.3 Å². The molecule has 0 radical (unpaired) electrons. The first-order valence-corrected chi connectivity index (χ1v) is 5.83. The van der Waals surface area contributed by atoms with E-state index in [9.17, 15) is 0 Å². The molecule has 0 aliphatic carbocycles. The lowest BCUT2D eigenvalue weighted by Gasteiger charge is -1.97. The van der Waals surface area contributed by atoms with Gasteiger partial charge in [-0.15, -0.1) is 11.3 Å². The van der Waals surface area contributed by atoms with Crippen LogP contribution in [0.1, 0.15) is 15.6 Å². The molecular formula is C9H7BrN4S. The van der Waals surface area contributed by atoms with E-state index in [4.69, 9.17) is 5.26 Å². The van der Waals surface area contributed by atoms with Crippen LogP contribution in [0.4, 0.5) is 0 Å². The lowest BCUT2D eigenvalue weighted by atomic mass is 10.5. The highest BCUT2D eigenvalue weighted by molar-refractivity contribution is 9.10. The van der Waals surface area contributed by atoms with Crippen molar-refractivity contribution in [3.63, 3.8) is 0 Å². The molecule has 0 fully saturated rings. The second kappa shape index (κ2) is 4.13. The summed E-state index contributed by atoms with van der Waals surface area (Å²) in [6, 6.07) is 2.00. The van der Waals surface area contributed by atoms with Crippen LogP contribution in [0.5, 0.6) is 0 Å². The maximum Gasteiger partial charge on any atom is 0.158 e. The van der Waals surface area contributed by atoms with Gasteiger partial charge < -0.3 is 4.57 Å². The summed E-state index contributed by atoms with van der Waals surface area (Å²) in [6.07, 6.45) is 3.38. The third-order valence-electron chi connectivity index (χ3n) is 1.83. The topological polar surface area (TPSA) is 54.5 Å². The minimum Gasteiger partial charge on any atom is -0.331 e. The fourth-order valence-corrected chi connectivity index (χ4v) is 2.80. The Morgan fingerprint density at radius 3 is 3.00 bits per heavy atom. The maximum atomic E-state index is 8.63. The molecule has 0 aliphatic heterocycles. The molecule has 0 amide bonds. The summed E-state index contributed by atoms with van der Waals surface area (Å²) in [5.41, 5.74) is 0.437. The van der Waals surface area contributed by atoms with Crippen molar-refractivity contribution in [1.82, 2.24) is 14.5 Å². The van der Waals surface area contributed by atoms with Crippen molar-refractivity contribution in [2.75, 3.05) is 0 Å². The summed E-state index contributed by atoms with van der Waals surface area (Å²) >= 11 is 5.04. The largest absolute Gasteiger partial charge is 0.331 e. The Labute approximate surface area is 99.3 Å². The van der Waals surface area contributed by atoms with Crippen molar-refractivity contribution < 1.29 is 0 Å². The Morgan fingerprint density at radius 1 is 1.67 bits per heavy atom. The van der Waals surface area contributed by atoms with E-state index in [1.165, 1.54) is 0 Å². The van der Waals surface area contributed by atoms with Gasteiger partial charge in [0.15, 0.2) is 5.69 Å². The van der Waals surface area contributed by atoms with Gasteiger partial charge in [0.25, 0.3) is 0 Å². The molecule has 0 atom stereocenters. The second-order valence-corrected chi connectivity index (χ2v) is 5.03. The van der Waals surface area contributed by atoms with Gasteiger partial charge >= 0.3 is 0 Å². The Hall–Kier alpha value is -1.19. The van der Waals surface area contributed by atoms with Gasteiger partial charge in [-0.25, -0.2) is 9.97 Å². The number of nitrogens with zero attached hydrogens (tertiary/aromatic N) is 4. The standard InChI is InChI=1S/C9H7BrN4S/c1-6-13-9(10)8(15-6)4-14-3-7(2-11)12-5-14/h3,5H,4H2,1H3. The van der Waals surface area contributed by atoms with Crippen LogP contribution in [-0.2, 0) is 6.54 Å². The third-order valence-corrected chi connectivity index (χ3v) is 3.70. The van der Waals surface area contributed by atoms with Crippen LogP contribution in [0.15, 0.2) is 17.1 Å². The molecule has 0 unspecified atom stereocenters. The number of halogens is 1. The lowest BCUT2D eigenvalue weighted by molar-refractivity contribution is 0.804.